The maximum atomic E-state index is 12.8. The van der Waals surface area contributed by atoms with Crippen LogP contribution < -0.4 is 5.32 Å². The maximum Gasteiger partial charge on any atom is 0.320 e. The Hall–Kier alpha value is -3.06. The highest BCUT2D eigenvalue weighted by atomic mass is 16.5. The Morgan fingerprint density at radius 1 is 0.574 bits per heavy atom. The number of hydrogen-bond donors (Lipinski definition) is 1. The maximum absolute atomic E-state index is 12.8. The molecule has 1 aromatic carbocycles. The zero-order valence-electron chi connectivity index (χ0n) is 29.8. The Kier molecular flexibility index (Phi) is 18.6. The average molecular weight is 662 g/mol. The van der Waals surface area contributed by atoms with Gasteiger partial charge in [-0.05, 0) is 35.4 Å². The first-order chi connectivity index (χ1) is 22.3. The Morgan fingerprint density at radius 2 is 0.894 bits per heavy atom. The van der Waals surface area contributed by atoms with Gasteiger partial charge in [-0.2, -0.15) is 0 Å². The third kappa shape index (κ3) is 18.8. The first kappa shape index (κ1) is 40.1. The molecule has 0 saturated carbocycles. The van der Waals surface area contributed by atoms with Gasteiger partial charge < -0.3 is 19.5 Å². The summed E-state index contributed by atoms with van der Waals surface area (Å²) in [5.74, 6) is -0.201. The lowest BCUT2D eigenvalue weighted by Gasteiger charge is -2.33. The molecule has 0 aliphatic carbocycles. The third-order valence-corrected chi connectivity index (χ3v) is 7.40. The molecule has 0 bridgehead atoms. The van der Waals surface area contributed by atoms with E-state index in [-0.39, 0.29) is 61.2 Å². The number of nitrogens with zero attached hydrogens (tertiary/aromatic N) is 4. The summed E-state index contributed by atoms with van der Waals surface area (Å²) in [6.45, 7) is 20.5. The van der Waals surface area contributed by atoms with E-state index in [1.807, 2.05) is 70.7 Å². The summed E-state index contributed by atoms with van der Waals surface area (Å²) in [4.78, 5) is 58.3. The Bertz CT molecular complexity index is 1050. The number of esters is 3. The number of benzene rings is 1. The van der Waals surface area contributed by atoms with E-state index in [2.05, 4.69) is 20.0 Å². The molecule has 2 rings (SSSR count). The fourth-order valence-corrected chi connectivity index (χ4v) is 4.83. The molecular formula is C35H59N5O7. The second kappa shape index (κ2) is 21.7. The van der Waals surface area contributed by atoms with Crippen LogP contribution in [0.1, 0.15) is 54.0 Å². The van der Waals surface area contributed by atoms with Gasteiger partial charge >= 0.3 is 17.9 Å². The van der Waals surface area contributed by atoms with Gasteiger partial charge in [-0.25, -0.2) is 0 Å². The van der Waals surface area contributed by atoms with Crippen molar-refractivity contribution < 1.29 is 33.4 Å². The molecule has 0 atom stereocenters. The van der Waals surface area contributed by atoms with Crippen LogP contribution in [0.4, 0.5) is 5.69 Å². The predicted molar refractivity (Wildman–Crippen MR) is 183 cm³/mol. The molecule has 12 nitrogen and oxygen atoms in total. The molecule has 1 aromatic rings. The first-order valence-corrected chi connectivity index (χ1v) is 17.0. The normalized spacial score (nSPS) is 16.5. The quantitative estimate of drug-likeness (QED) is 0.221. The molecular weight excluding hydrogens is 602 g/mol. The topological polar surface area (TPSA) is 121 Å². The van der Waals surface area contributed by atoms with Gasteiger partial charge in [0.25, 0.3) is 0 Å². The molecule has 1 heterocycles. The number of anilines is 1. The molecule has 266 valence electrons. The van der Waals surface area contributed by atoms with Gasteiger partial charge in [0, 0.05) is 71.5 Å². The van der Waals surface area contributed by atoms with E-state index in [4.69, 9.17) is 14.2 Å². The molecule has 0 spiro atoms. The van der Waals surface area contributed by atoms with E-state index < -0.39 is 0 Å². The van der Waals surface area contributed by atoms with Crippen LogP contribution in [0.25, 0.3) is 0 Å². The lowest BCUT2D eigenvalue weighted by Crippen LogP contribution is -2.48. The van der Waals surface area contributed by atoms with Crippen molar-refractivity contribution in [2.45, 2.75) is 55.0 Å². The number of ether oxygens (including phenoxy) is 3. The molecule has 0 aromatic heterocycles. The van der Waals surface area contributed by atoms with Crippen LogP contribution in [0.2, 0.25) is 0 Å². The Morgan fingerprint density at radius 3 is 1.19 bits per heavy atom. The summed E-state index contributed by atoms with van der Waals surface area (Å²) in [5.41, 5.74) is 1.83. The van der Waals surface area contributed by atoms with Crippen molar-refractivity contribution in [3.63, 3.8) is 0 Å². The van der Waals surface area contributed by atoms with E-state index in [0.29, 0.717) is 78.7 Å². The minimum Gasteiger partial charge on any atom is -0.464 e. The fourth-order valence-electron chi connectivity index (χ4n) is 4.83. The van der Waals surface area contributed by atoms with E-state index in [0.717, 1.165) is 11.3 Å². The highest BCUT2D eigenvalue weighted by Gasteiger charge is 2.22. The minimum absolute atomic E-state index is 0.120. The molecule has 1 aliphatic heterocycles. The van der Waals surface area contributed by atoms with Crippen molar-refractivity contribution in [2.24, 2.45) is 17.8 Å². The van der Waals surface area contributed by atoms with Gasteiger partial charge in [-0.1, -0.05) is 53.7 Å². The average Bonchev–Trinajstić information content (AvgIpc) is 2.99. The number of hydrogen-bond acceptors (Lipinski definition) is 11. The van der Waals surface area contributed by atoms with Crippen molar-refractivity contribution in [1.29, 1.82) is 0 Å². The summed E-state index contributed by atoms with van der Waals surface area (Å²) in [6, 6.07) is 7.78. The fraction of sp³-hybridized carbons (Fsp3) is 0.714. The van der Waals surface area contributed by atoms with Crippen LogP contribution in [-0.2, 0) is 39.9 Å². The molecule has 47 heavy (non-hydrogen) atoms. The summed E-state index contributed by atoms with van der Waals surface area (Å²) >= 11 is 0. The van der Waals surface area contributed by atoms with E-state index in [1.54, 1.807) is 0 Å². The molecule has 1 N–H and O–H groups in total. The number of amides is 1. The van der Waals surface area contributed by atoms with Crippen LogP contribution in [0.3, 0.4) is 0 Å². The van der Waals surface area contributed by atoms with Crippen LogP contribution >= 0.6 is 0 Å². The lowest BCUT2D eigenvalue weighted by molar-refractivity contribution is -0.148. The highest BCUT2D eigenvalue weighted by molar-refractivity contribution is 5.88. The standard InChI is InChI=1S/C35H59N5O7/c1-27(2)24-45-33(42)21-38-14-12-37(20-31-8-10-32(11-9-31)36-30(7)41)13-15-39(22-34(43)46-25-28(3)4)17-19-40(18-16-38)23-35(44)47-26-29(5)6/h8-11,27-29H,12-26H2,1-7H3,(H,36,41). The minimum atomic E-state index is -0.285. The van der Waals surface area contributed by atoms with Crippen LogP contribution in [0.15, 0.2) is 24.3 Å². The van der Waals surface area contributed by atoms with Gasteiger partial charge in [0.1, 0.15) is 0 Å². The van der Waals surface area contributed by atoms with Crippen LogP contribution in [0.5, 0.6) is 0 Å². The molecule has 1 aliphatic rings. The molecule has 0 radical (unpaired) electrons. The SMILES string of the molecule is CC(=O)Nc1ccc(CN2CCN(CC(=O)OCC(C)C)CCN(CC(=O)OCC(C)C)CCN(CC(=O)OCC(C)C)CC2)cc1. The smallest absolute Gasteiger partial charge is 0.320 e. The highest BCUT2D eigenvalue weighted by Crippen LogP contribution is 2.13. The molecule has 0 unspecified atom stereocenters. The van der Waals surface area contributed by atoms with Crippen LogP contribution in [-0.4, -0.2) is 135 Å². The largest absolute Gasteiger partial charge is 0.464 e. The number of carbonyl (C=O) groups excluding carboxylic acids is 4. The molecule has 1 saturated heterocycles. The van der Waals surface area contributed by atoms with Crippen molar-refractivity contribution in [1.82, 2.24) is 19.6 Å². The molecule has 1 fully saturated rings. The summed E-state index contributed by atoms with van der Waals surface area (Å²) < 4.78 is 16.5. The summed E-state index contributed by atoms with van der Waals surface area (Å²) in [6.07, 6.45) is 0. The third-order valence-electron chi connectivity index (χ3n) is 7.40. The second-order valence-corrected chi connectivity index (χ2v) is 13.7. The lowest BCUT2D eigenvalue weighted by atomic mass is 10.2. The summed E-state index contributed by atoms with van der Waals surface area (Å²) in [5, 5.41) is 2.81. The van der Waals surface area contributed by atoms with Gasteiger partial charge in [0.05, 0.1) is 39.5 Å². The first-order valence-electron chi connectivity index (χ1n) is 17.0. The number of nitrogens with one attached hydrogen (secondary N) is 1. The van der Waals surface area contributed by atoms with Gasteiger partial charge in [-0.15, -0.1) is 0 Å². The Balaban J connectivity index is 2.25. The van der Waals surface area contributed by atoms with E-state index in [1.165, 1.54) is 6.92 Å². The van der Waals surface area contributed by atoms with Gasteiger partial charge in [0.15, 0.2) is 0 Å². The van der Waals surface area contributed by atoms with Crippen molar-refractivity contribution in [2.75, 3.05) is 97.1 Å². The molecule has 1 amide bonds. The Labute approximate surface area is 282 Å². The van der Waals surface area contributed by atoms with E-state index >= 15 is 0 Å². The van der Waals surface area contributed by atoms with Gasteiger partial charge in [-0.3, -0.25) is 38.8 Å². The number of rotatable bonds is 15. The number of carbonyl (C=O) groups is 4. The van der Waals surface area contributed by atoms with Gasteiger partial charge in [0.2, 0.25) is 5.91 Å². The molecule has 12 heteroatoms. The van der Waals surface area contributed by atoms with Crippen molar-refractivity contribution >= 4 is 29.5 Å². The van der Waals surface area contributed by atoms with Crippen LogP contribution in [0, 0.1) is 17.8 Å². The second-order valence-electron chi connectivity index (χ2n) is 13.7. The predicted octanol–water partition coefficient (Wildman–Crippen LogP) is 2.96. The monoisotopic (exact) mass is 661 g/mol. The zero-order valence-corrected chi connectivity index (χ0v) is 29.8. The zero-order chi connectivity index (χ0) is 34.8. The van der Waals surface area contributed by atoms with Crippen molar-refractivity contribution in [3.8, 4) is 0 Å². The van der Waals surface area contributed by atoms with Crippen molar-refractivity contribution in [3.05, 3.63) is 29.8 Å². The summed E-state index contributed by atoms with van der Waals surface area (Å²) in [7, 11) is 0. The van der Waals surface area contributed by atoms with E-state index in [9.17, 15) is 19.2 Å².